The Morgan fingerprint density at radius 2 is 1.97 bits per heavy atom. The van der Waals surface area contributed by atoms with Gasteiger partial charge in [0, 0.05) is 19.2 Å². The van der Waals surface area contributed by atoms with Crippen molar-refractivity contribution in [3.8, 4) is 23.0 Å². The zero-order valence-electron chi connectivity index (χ0n) is 17.2. The normalized spacial score (nSPS) is 16.5. The van der Waals surface area contributed by atoms with Crippen LogP contribution in [0.5, 0.6) is 23.0 Å². The van der Waals surface area contributed by atoms with Crippen molar-refractivity contribution in [3.63, 3.8) is 0 Å². The first-order chi connectivity index (χ1) is 15.2. The summed E-state index contributed by atoms with van der Waals surface area (Å²) in [5, 5.41) is 0. The van der Waals surface area contributed by atoms with Crippen LogP contribution in [0.1, 0.15) is 27.2 Å². The molecule has 0 aliphatic carbocycles. The second-order valence-corrected chi connectivity index (χ2v) is 7.32. The van der Waals surface area contributed by atoms with Crippen molar-refractivity contribution in [3.05, 3.63) is 76.9 Å². The van der Waals surface area contributed by atoms with E-state index < -0.39 is 0 Å². The Balaban J connectivity index is 1.40. The molecule has 7 nitrogen and oxygen atoms in total. The number of nitrogens with zero attached hydrogens (tertiary/aromatic N) is 1. The molecule has 0 N–H and O–H groups in total. The van der Waals surface area contributed by atoms with E-state index in [0.29, 0.717) is 48.4 Å². The molecule has 0 bridgehead atoms. The number of carbonyl (C=O) groups is 1. The van der Waals surface area contributed by atoms with Crippen LogP contribution in [0.15, 0.2) is 58.9 Å². The Morgan fingerprint density at radius 3 is 2.74 bits per heavy atom. The maximum atomic E-state index is 12.8. The fourth-order valence-corrected chi connectivity index (χ4v) is 3.85. The van der Waals surface area contributed by atoms with Gasteiger partial charge < -0.3 is 23.4 Å². The molecule has 0 unspecified atom stereocenters. The minimum atomic E-state index is -0.161. The van der Waals surface area contributed by atoms with E-state index in [0.717, 1.165) is 16.9 Å². The number of methoxy groups -OCH3 is 2. The summed E-state index contributed by atoms with van der Waals surface area (Å²) < 4.78 is 27.9. The highest BCUT2D eigenvalue weighted by Crippen LogP contribution is 2.42. The lowest BCUT2D eigenvalue weighted by Gasteiger charge is -2.29. The lowest BCUT2D eigenvalue weighted by molar-refractivity contribution is 0.0872. The fraction of sp³-hybridized carbons (Fsp3) is 0.208. The number of hydrogen-bond donors (Lipinski definition) is 0. The van der Waals surface area contributed by atoms with Crippen molar-refractivity contribution in [1.29, 1.82) is 0 Å². The van der Waals surface area contributed by atoms with Crippen LogP contribution in [0, 0.1) is 0 Å². The Morgan fingerprint density at radius 1 is 1.10 bits per heavy atom. The molecule has 7 heteroatoms. The summed E-state index contributed by atoms with van der Waals surface area (Å²) >= 11 is 0. The number of rotatable bonds is 5. The highest BCUT2D eigenvalue weighted by atomic mass is 16.5. The van der Waals surface area contributed by atoms with Crippen molar-refractivity contribution in [2.24, 2.45) is 0 Å². The number of hydrogen-bond acceptors (Lipinski definition) is 7. The quantitative estimate of drug-likeness (QED) is 0.572. The smallest absolute Gasteiger partial charge is 0.232 e. The second-order valence-electron chi connectivity index (χ2n) is 7.32. The highest BCUT2D eigenvalue weighted by Gasteiger charge is 2.33. The number of allylic oxidation sites excluding steroid dienone is 1. The first kappa shape index (κ1) is 19.3. The number of ether oxygens (including phenoxy) is 4. The van der Waals surface area contributed by atoms with Crippen molar-refractivity contribution < 1.29 is 28.2 Å². The molecule has 3 aromatic rings. The van der Waals surface area contributed by atoms with Gasteiger partial charge in [0.1, 0.15) is 24.0 Å². The number of carbonyl (C=O) groups excluding carboxylic acids is 1. The van der Waals surface area contributed by atoms with Gasteiger partial charge in [-0.3, -0.25) is 9.69 Å². The van der Waals surface area contributed by atoms with E-state index in [4.69, 9.17) is 23.4 Å². The van der Waals surface area contributed by atoms with Crippen molar-refractivity contribution >= 4 is 11.9 Å². The van der Waals surface area contributed by atoms with Gasteiger partial charge in [-0.05, 0) is 42.0 Å². The Labute approximate surface area is 179 Å². The van der Waals surface area contributed by atoms with E-state index in [2.05, 4.69) is 4.90 Å². The van der Waals surface area contributed by atoms with Crippen molar-refractivity contribution in [1.82, 2.24) is 4.90 Å². The van der Waals surface area contributed by atoms with E-state index in [1.165, 1.54) is 0 Å². The standard InChI is InChI=1S/C24H21NO6/c1-27-20-7-5-15(10-21(20)28-2)12-25-13-18-19(30-14-25)8-6-17-23(26)22(31-24(17)18)11-16-4-3-9-29-16/h3-11H,12-14H2,1-2H3/b22-11-. The topological polar surface area (TPSA) is 70.4 Å². The van der Waals surface area contributed by atoms with Crippen LogP contribution in [0.3, 0.4) is 0 Å². The molecule has 0 saturated carbocycles. The van der Waals surface area contributed by atoms with Crippen LogP contribution >= 0.6 is 0 Å². The van der Waals surface area contributed by atoms with Gasteiger partial charge in [0.2, 0.25) is 5.78 Å². The molecule has 31 heavy (non-hydrogen) atoms. The summed E-state index contributed by atoms with van der Waals surface area (Å²) in [7, 11) is 3.23. The van der Waals surface area contributed by atoms with Crippen LogP contribution in [0.25, 0.3) is 6.08 Å². The van der Waals surface area contributed by atoms with E-state index in [9.17, 15) is 4.79 Å². The average Bonchev–Trinajstić information content (AvgIpc) is 3.42. The number of ketones is 1. The van der Waals surface area contributed by atoms with Gasteiger partial charge in [0.05, 0.1) is 31.6 Å². The molecular formula is C24H21NO6. The maximum Gasteiger partial charge on any atom is 0.232 e. The van der Waals surface area contributed by atoms with Gasteiger partial charge in [-0.15, -0.1) is 0 Å². The zero-order valence-corrected chi connectivity index (χ0v) is 17.2. The second kappa shape index (κ2) is 7.85. The molecule has 0 fully saturated rings. The monoisotopic (exact) mass is 419 g/mol. The Kier molecular flexibility index (Phi) is 4.88. The van der Waals surface area contributed by atoms with E-state index in [-0.39, 0.29) is 11.5 Å². The zero-order chi connectivity index (χ0) is 21.4. The number of furan rings is 1. The van der Waals surface area contributed by atoms with E-state index in [1.807, 2.05) is 24.3 Å². The van der Waals surface area contributed by atoms with Gasteiger partial charge >= 0.3 is 0 Å². The third-order valence-electron chi connectivity index (χ3n) is 5.35. The predicted octanol–water partition coefficient (Wildman–Crippen LogP) is 4.27. The third-order valence-corrected chi connectivity index (χ3v) is 5.35. The van der Waals surface area contributed by atoms with Crippen LogP contribution < -0.4 is 18.9 Å². The van der Waals surface area contributed by atoms with Gasteiger partial charge in [-0.1, -0.05) is 6.07 Å². The average molecular weight is 419 g/mol. The molecule has 158 valence electrons. The van der Waals surface area contributed by atoms with Crippen LogP contribution in [-0.2, 0) is 13.1 Å². The maximum absolute atomic E-state index is 12.8. The number of fused-ring (bicyclic) bond motifs is 3. The molecule has 3 heterocycles. The first-order valence-corrected chi connectivity index (χ1v) is 9.86. The lowest BCUT2D eigenvalue weighted by atomic mass is 10.0. The van der Waals surface area contributed by atoms with Crippen molar-refractivity contribution in [2.45, 2.75) is 13.1 Å². The minimum Gasteiger partial charge on any atom is -0.493 e. The number of Topliss-reactive ketones (excluding diaryl/α,β-unsaturated/α-hetero) is 1. The molecule has 2 aliphatic rings. The fourth-order valence-electron chi connectivity index (χ4n) is 3.85. The third kappa shape index (κ3) is 3.53. The minimum absolute atomic E-state index is 0.161. The highest BCUT2D eigenvalue weighted by molar-refractivity contribution is 6.14. The van der Waals surface area contributed by atoms with Gasteiger partial charge in [-0.25, -0.2) is 0 Å². The summed E-state index contributed by atoms with van der Waals surface area (Å²) in [5.41, 5.74) is 2.46. The van der Waals surface area contributed by atoms with Gasteiger partial charge in [0.15, 0.2) is 17.3 Å². The number of benzene rings is 2. The molecule has 2 aliphatic heterocycles. The molecule has 1 aromatic heterocycles. The molecular weight excluding hydrogens is 398 g/mol. The molecule has 0 spiro atoms. The summed E-state index contributed by atoms with van der Waals surface area (Å²) in [5.74, 6) is 3.30. The lowest BCUT2D eigenvalue weighted by Crippen LogP contribution is -2.31. The summed E-state index contributed by atoms with van der Waals surface area (Å²) in [6.45, 7) is 1.67. The molecule has 0 atom stereocenters. The van der Waals surface area contributed by atoms with Gasteiger partial charge in [-0.2, -0.15) is 0 Å². The summed E-state index contributed by atoms with van der Waals surface area (Å²) in [4.78, 5) is 14.9. The Bertz CT molecular complexity index is 1170. The van der Waals surface area contributed by atoms with Crippen LogP contribution in [0.4, 0.5) is 0 Å². The Hall–Kier alpha value is -3.71. The van der Waals surface area contributed by atoms with Gasteiger partial charge in [0.25, 0.3) is 0 Å². The molecule has 0 saturated heterocycles. The SMILES string of the molecule is COc1ccc(CN2COc3ccc4c(c3C2)O/C(=C\c2ccco2)C4=O)cc1OC. The molecule has 5 rings (SSSR count). The van der Waals surface area contributed by atoms with E-state index in [1.54, 1.807) is 44.8 Å². The molecule has 2 aromatic carbocycles. The predicted molar refractivity (Wildman–Crippen MR) is 112 cm³/mol. The molecule has 0 radical (unpaired) electrons. The summed E-state index contributed by atoms with van der Waals surface area (Å²) in [6.07, 6.45) is 3.17. The summed E-state index contributed by atoms with van der Waals surface area (Å²) in [6, 6.07) is 13.0. The first-order valence-electron chi connectivity index (χ1n) is 9.86. The van der Waals surface area contributed by atoms with Crippen molar-refractivity contribution in [2.75, 3.05) is 21.0 Å². The largest absolute Gasteiger partial charge is 0.493 e. The molecule has 0 amide bonds. The van der Waals surface area contributed by atoms with E-state index >= 15 is 0 Å². The van der Waals surface area contributed by atoms with Crippen LogP contribution in [-0.4, -0.2) is 31.6 Å². The van der Waals surface area contributed by atoms with Crippen LogP contribution in [0.2, 0.25) is 0 Å².